The van der Waals surface area contributed by atoms with E-state index in [0.717, 1.165) is 11.3 Å². The first-order chi connectivity index (χ1) is 8.06. The van der Waals surface area contributed by atoms with Crippen molar-refractivity contribution in [1.82, 2.24) is 9.78 Å². The molecule has 0 spiro atoms. The molecule has 0 unspecified atom stereocenters. The minimum Gasteiger partial charge on any atom is -0.384 e. The fourth-order valence-electron chi connectivity index (χ4n) is 1.66. The molecule has 0 aliphatic rings. The van der Waals surface area contributed by atoms with Crippen LogP contribution in [0.4, 0.5) is 4.39 Å². The third kappa shape index (κ3) is 2.50. The Bertz CT molecular complexity index is 559. The van der Waals surface area contributed by atoms with Crippen molar-refractivity contribution in [2.45, 2.75) is 13.5 Å². The van der Waals surface area contributed by atoms with Crippen molar-refractivity contribution in [1.29, 1.82) is 5.41 Å². The van der Waals surface area contributed by atoms with Gasteiger partial charge in [-0.3, -0.25) is 10.1 Å². The number of rotatable bonds is 3. The Balaban J connectivity index is 2.35. The Kier molecular flexibility index (Phi) is 2.91. The molecule has 0 radical (unpaired) electrons. The van der Waals surface area contributed by atoms with Crippen LogP contribution >= 0.6 is 0 Å². The Morgan fingerprint density at radius 1 is 1.47 bits per heavy atom. The van der Waals surface area contributed by atoms with Gasteiger partial charge in [-0.15, -0.1) is 0 Å². The summed E-state index contributed by atoms with van der Waals surface area (Å²) in [5, 5.41) is 11.7. The third-order valence-electron chi connectivity index (χ3n) is 2.47. The van der Waals surface area contributed by atoms with Crippen LogP contribution in [0.3, 0.4) is 0 Å². The maximum Gasteiger partial charge on any atom is 0.123 e. The normalized spacial score (nSPS) is 10.5. The van der Waals surface area contributed by atoms with E-state index in [2.05, 4.69) is 5.10 Å². The zero-order valence-electron chi connectivity index (χ0n) is 9.44. The maximum atomic E-state index is 13.1. The van der Waals surface area contributed by atoms with E-state index in [0.29, 0.717) is 12.1 Å². The number of benzene rings is 1. The van der Waals surface area contributed by atoms with E-state index in [1.165, 1.54) is 12.1 Å². The lowest BCUT2D eigenvalue weighted by atomic mass is 10.1. The molecule has 0 bridgehead atoms. The third-order valence-corrected chi connectivity index (χ3v) is 2.47. The summed E-state index contributed by atoms with van der Waals surface area (Å²) in [6.07, 6.45) is 1.84. The van der Waals surface area contributed by atoms with Gasteiger partial charge in [0.25, 0.3) is 0 Å². The van der Waals surface area contributed by atoms with Crippen molar-refractivity contribution in [2.75, 3.05) is 0 Å². The van der Waals surface area contributed by atoms with E-state index < -0.39 is 5.82 Å². The molecule has 17 heavy (non-hydrogen) atoms. The van der Waals surface area contributed by atoms with Gasteiger partial charge in [-0.25, -0.2) is 4.39 Å². The van der Waals surface area contributed by atoms with Gasteiger partial charge >= 0.3 is 0 Å². The minimum atomic E-state index is -0.393. The lowest BCUT2D eigenvalue weighted by Crippen LogP contribution is -2.16. The molecule has 1 aromatic carbocycles. The van der Waals surface area contributed by atoms with E-state index in [1.807, 2.05) is 19.2 Å². The maximum absolute atomic E-state index is 13.1. The quantitative estimate of drug-likeness (QED) is 0.624. The molecule has 0 fully saturated rings. The van der Waals surface area contributed by atoms with Crippen LogP contribution in [0.5, 0.6) is 0 Å². The SMILES string of the molecule is Cc1ccn(Cc2ccc(F)cc2C(=N)N)n1. The fourth-order valence-corrected chi connectivity index (χ4v) is 1.66. The predicted octanol–water partition coefficient (Wildman–Crippen LogP) is 1.66. The summed E-state index contributed by atoms with van der Waals surface area (Å²) in [4.78, 5) is 0. The van der Waals surface area contributed by atoms with Crippen LogP contribution in [0.2, 0.25) is 0 Å². The smallest absolute Gasteiger partial charge is 0.123 e. The first-order valence-electron chi connectivity index (χ1n) is 5.19. The molecule has 0 saturated heterocycles. The zero-order chi connectivity index (χ0) is 12.4. The highest BCUT2D eigenvalue weighted by atomic mass is 19.1. The van der Waals surface area contributed by atoms with E-state index in [4.69, 9.17) is 11.1 Å². The van der Waals surface area contributed by atoms with Crippen molar-refractivity contribution in [3.8, 4) is 0 Å². The molecule has 0 amide bonds. The van der Waals surface area contributed by atoms with Crippen molar-refractivity contribution < 1.29 is 4.39 Å². The van der Waals surface area contributed by atoms with Gasteiger partial charge in [-0.1, -0.05) is 6.07 Å². The van der Waals surface area contributed by atoms with Crippen molar-refractivity contribution in [2.24, 2.45) is 5.73 Å². The van der Waals surface area contributed by atoms with Crippen molar-refractivity contribution in [3.63, 3.8) is 0 Å². The molecule has 1 aromatic heterocycles. The van der Waals surface area contributed by atoms with E-state index in [-0.39, 0.29) is 5.84 Å². The molecule has 88 valence electrons. The number of halogens is 1. The van der Waals surface area contributed by atoms with Gasteiger partial charge in [0, 0.05) is 11.8 Å². The monoisotopic (exact) mass is 232 g/mol. The summed E-state index contributed by atoms with van der Waals surface area (Å²) in [6.45, 7) is 2.37. The van der Waals surface area contributed by atoms with Crippen LogP contribution in [0.15, 0.2) is 30.5 Å². The van der Waals surface area contributed by atoms with Gasteiger partial charge in [-0.2, -0.15) is 5.10 Å². The highest BCUT2D eigenvalue weighted by Gasteiger charge is 2.08. The van der Waals surface area contributed by atoms with Crippen LogP contribution < -0.4 is 5.73 Å². The molecule has 2 aromatic rings. The average molecular weight is 232 g/mol. The van der Waals surface area contributed by atoms with Crippen LogP contribution in [0.25, 0.3) is 0 Å². The first kappa shape index (κ1) is 11.3. The van der Waals surface area contributed by atoms with Crippen LogP contribution in [0.1, 0.15) is 16.8 Å². The van der Waals surface area contributed by atoms with Gasteiger partial charge in [0.2, 0.25) is 0 Å². The van der Waals surface area contributed by atoms with E-state index >= 15 is 0 Å². The Hall–Kier alpha value is -2.17. The predicted molar refractivity (Wildman–Crippen MR) is 63.5 cm³/mol. The molecule has 1 heterocycles. The van der Waals surface area contributed by atoms with Gasteiger partial charge in [0.05, 0.1) is 12.2 Å². The highest BCUT2D eigenvalue weighted by molar-refractivity contribution is 5.96. The Morgan fingerprint density at radius 2 is 2.24 bits per heavy atom. The summed E-state index contributed by atoms with van der Waals surface area (Å²) in [7, 11) is 0. The topological polar surface area (TPSA) is 67.7 Å². The molecule has 0 saturated carbocycles. The molecular weight excluding hydrogens is 219 g/mol. The number of aromatic nitrogens is 2. The van der Waals surface area contributed by atoms with Crippen molar-refractivity contribution >= 4 is 5.84 Å². The standard InChI is InChI=1S/C12H13FN4/c1-8-4-5-17(16-8)7-9-2-3-10(13)6-11(9)12(14)15/h2-6H,7H2,1H3,(H3,14,15). The molecule has 2 rings (SSSR count). The van der Waals surface area contributed by atoms with Crippen LogP contribution in [-0.4, -0.2) is 15.6 Å². The minimum absolute atomic E-state index is 0.136. The van der Waals surface area contributed by atoms with Gasteiger partial charge in [0.15, 0.2) is 0 Å². The summed E-state index contributed by atoms with van der Waals surface area (Å²) in [5.74, 6) is -0.529. The average Bonchev–Trinajstić information content (AvgIpc) is 2.66. The molecule has 0 aliphatic carbocycles. The molecule has 4 nitrogen and oxygen atoms in total. The Morgan fingerprint density at radius 3 is 2.82 bits per heavy atom. The van der Waals surface area contributed by atoms with E-state index in [9.17, 15) is 4.39 Å². The number of hydrogen-bond acceptors (Lipinski definition) is 2. The molecular formula is C12H13FN4. The molecule has 3 N–H and O–H groups in total. The number of nitrogens with one attached hydrogen (secondary N) is 1. The number of nitrogens with zero attached hydrogens (tertiary/aromatic N) is 2. The molecule has 0 aliphatic heterocycles. The number of aryl methyl sites for hydroxylation is 1. The van der Waals surface area contributed by atoms with Crippen molar-refractivity contribution in [3.05, 3.63) is 53.1 Å². The first-order valence-corrected chi connectivity index (χ1v) is 5.19. The number of amidine groups is 1. The lowest BCUT2D eigenvalue weighted by Gasteiger charge is -2.08. The van der Waals surface area contributed by atoms with Gasteiger partial charge < -0.3 is 5.73 Å². The second kappa shape index (κ2) is 4.37. The second-order valence-corrected chi connectivity index (χ2v) is 3.87. The van der Waals surface area contributed by atoms with Gasteiger partial charge in [-0.05, 0) is 30.7 Å². The largest absolute Gasteiger partial charge is 0.384 e. The highest BCUT2D eigenvalue weighted by Crippen LogP contribution is 2.12. The second-order valence-electron chi connectivity index (χ2n) is 3.87. The van der Waals surface area contributed by atoms with E-state index in [1.54, 1.807) is 10.7 Å². The molecule has 5 heteroatoms. The number of hydrogen-bond donors (Lipinski definition) is 2. The summed E-state index contributed by atoms with van der Waals surface area (Å²) >= 11 is 0. The van der Waals surface area contributed by atoms with Crippen LogP contribution in [-0.2, 0) is 6.54 Å². The van der Waals surface area contributed by atoms with Gasteiger partial charge in [0.1, 0.15) is 11.7 Å². The lowest BCUT2D eigenvalue weighted by molar-refractivity contribution is 0.623. The fraction of sp³-hybridized carbons (Fsp3) is 0.167. The number of nitrogen functional groups attached to an aromatic ring is 1. The summed E-state index contributed by atoms with van der Waals surface area (Å²) < 4.78 is 14.8. The Labute approximate surface area is 98.4 Å². The summed E-state index contributed by atoms with van der Waals surface area (Å²) in [5.41, 5.74) is 7.54. The number of nitrogens with two attached hydrogens (primary N) is 1. The van der Waals surface area contributed by atoms with Crippen LogP contribution in [0, 0.1) is 18.2 Å². The molecule has 0 atom stereocenters. The zero-order valence-corrected chi connectivity index (χ0v) is 9.44. The summed E-state index contributed by atoms with van der Waals surface area (Å²) in [6, 6.07) is 6.15.